The Bertz CT molecular complexity index is 959. The molecule has 0 unspecified atom stereocenters. The van der Waals surface area contributed by atoms with Crippen LogP contribution in [-0.4, -0.2) is 35.4 Å². The van der Waals surface area contributed by atoms with Crippen LogP contribution in [-0.2, 0) is 44.7 Å². The maximum Gasteiger partial charge on any atom is 0.305 e. The van der Waals surface area contributed by atoms with E-state index in [0.717, 1.165) is 62.5 Å². The lowest BCUT2D eigenvalue weighted by atomic mass is 9.98. The zero-order valence-corrected chi connectivity index (χ0v) is 25.0. The Morgan fingerprint density at radius 2 is 1.02 bits per heavy atom. The smallest absolute Gasteiger partial charge is 0.305 e. The van der Waals surface area contributed by atoms with Gasteiger partial charge in [0.2, 0.25) is 0 Å². The summed E-state index contributed by atoms with van der Waals surface area (Å²) in [6.45, 7) is 9.23. The number of carbonyl (C=O) groups excluding carboxylic acids is 2. The first-order valence-corrected chi connectivity index (χ1v) is 15.1. The zero-order valence-electron chi connectivity index (χ0n) is 25.0. The van der Waals surface area contributed by atoms with Gasteiger partial charge in [-0.15, -0.1) is 0 Å². The molecule has 6 nitrogen and oxygen atoms in total. The van der Waals surface area contributed by atoms with E-state index in [0.29, 0.717) is 62.2 Å². The number of aryl methyl sites for hydroxylation is 2. The minimum absolute atomic E-state index is 0.187. The number of benzene rings is 2. The highest BCUT2D eigenvalue weighted by molar-refractivity contribution is 5.69. The zero-order chi connectivity index (χ0) is 29.3. The molecule has 0 aromatic heterocycles. The maximum absolute atomic E-state index is 12.0. The number of hydrogen-bond acceptors (Lipinski definition) is 6. The van der Waals surface area contributed by atoms with Crippen LogP contribution in [0.25, 0.3) is 0 Å². The fourth-order valence-corrected chi connectivity index (χ4v) is 4.71. The molecule has 0 heterocycles. The monoisotopic (exact) mass is 554 g/mol. The Balaban J connectivity index is 1.47. The van der Waals surface area contributed by atoms with Crippen molar-refractivity contribution in [1.82, 2.24) is 0 Å². The number of esters is 2. The molecule has 0 aliphatic rings. The van der Waals surface area contributed by atoms with Gasteiger partial charge in [0.1, 0.15) is 11.5 Å². The summed E-state index contributed by atoms with van der Waals surface area (Å²) in [6, 6.07) is 11.6. The number of hydrogen-bond donors (Lipinski definition) is 2. The van der Waals surface area contributed by atoms with E-state index >= 15 is 0 Å². The highest BCUT2D eigenvalue weighted by Crippen LogP contribution is 2.24. The molecule has 2 rings (SSSR count). The largest absolute Gasteiger partial charge is 0.508 e. The van der Waals surface area contributed by atoms with Gasteiger partial charge in [-0.05, 0) is 110 Å². The lowest BCUT2D eigenvalue weighted by Gasteiger charge is -2.10. The number of unbranched alkanes of at least 4 members (excludes halogenated alkanes) is 3. The van der Waals surface area contributed by atoms with Gasteiger partial charge in [0.25, 0.3) is 0 Å². The summed E-state index contributed by atoms with van der Waals surface area (Å²) in [4.78, 5) is 24.0. The van der Waals surface area contributed by atoms with Crippen LogP contribution in [0.15, 0.2) is 36.4 Å². The summed E-state index contributed by atoms with van der Waals surface area (Å²) in [6.07, 6.45) is 8.92. The standard InChI is InChI=1S/C34H50O6/c1-25(2)21-29-23-27(15-17-31(29)35)11-5-7-13-33(37)39-19-9-10-20-40-34(38)14-8-6-12-28-16-18-32(36)30(24-28)22-26(3)4/h15-18,23-26,35-36H,5-14,19-22H2,1-4H3. The van der Waals surface area contributed by atoms with Gasteiger partial charge in [0, 0.05) is 12.8 Å². The first-order valence-electron chi connectivity index (χ1n) is 15.1. The van der Waals surface area contributed by atoms with E-state index in [9.17, 15) is 19.8 Å². The Hall–Kier alpha value is -3.02. The highest BCUT2D eigenvalue weighted by atomic mass is 16.5. The number of rotatable bonds is 19. The number of carbonyl (C=O) groups is 2. The molecule has 0 saturated heterocycles. The van der Waals surface area contributed by atoms with Crippen LogP contribution < -0.4 is 0 Å². The van der Waals surface area contributed by atoms with E-state index < -0.39 is 0 Å². The van der Waals surface area contributed by atoms with Crippen LogP contribution in [0.5, 0.6) is 11.5 Å². The summed E-state index contributed by atoms with van der Waals surface area (Å²) >= 11 is 0. The highest BCUT2D eigenvalue weighted by Gasteiger charge is 2.09. The van der Waals surface area contributed by atoms with Gasteiger partial charge in [0.15, 0.2) is 0 Å². The Labute approximate surface area is 241 Å². The molecule has 0 saturated carbocycles. The Morgan fingerprint density at radius 3 is 1.40 bits per heavy atom. The molecule has 0 radical (unpaired) electrons. The van der Waals surface area contributed by atoms with Crippen molar-refractivity contribution in [2.45, 2.75) is 105 Å². The molecule has 2 N–H and O–H groups in total. The second-order valence-electron chi connectivity index (χ2n) is 11.7. The molecule has 0 spiro atoms. The van der Waals surface area contributed by atoms with Crippen molar-refractivity contribution in [1.29, 1.82) is 0 Å². The van der Waals surface area contributed by atoms with E-state index in [1.807, 2.05) is 12.1 Å². The number of phenolic OH excluding ortho intramolecular Hbond substituents is 2. The normalized spacial score (nSPS) is 11.2. The quantitative estimate of drug-likeness (QED) is 0.138. The fraction of sp³-hybridized carbons (Fsp3) is 0.588. The van der Waals surface area contributed by atoms with Crippen LogP contribution in [0, 0.1) is 11.8 Å². The molecule has 0 fully saturated rings. The summed E-state index contributed by atoms with van der Waals surface area (Å²) in [7, 11) is 0. The van der Waals surface area contributed by atoms with Gasteiger partial charge >= 0.3 is 11.9 Å². The Kier molecular flexibility index (Phi) is 15.2. The van der Waals surface area contributed by atoms with Gasteiger partial charge in [-0.1, -0.05) is 52.0 Å². The molecular formula is C34H50O6. The first kappa shape index (κ1) is 33.2. The minimum atomic E-state index is -0.187. The molecular weight excluding hydrogens is 504 g/mol. The van der Waals surface area contributed by atoms with Gasteiger partial charge < -0.3 is 19.7 Å². The van der Waals surface area contributed by atoms with Crippen molar-refractivity contribution in [2.75, 3.05) is 13.2 Å². The molecule has 222 valence electrons. The third-order valence-electron chi connectivity index (χ3n) is 6.80. The molecule has 0 atom stereocenters. The second kappa shape index (κ2) is 18.4. The van der Waals surface area contributed by atoms with Crippen LogP contribution >= 0.6 is 0 Å². The number of phenols is 2. The molecule has 2 aromatic rings. The fourth-order valence-electron chi connectivity index (χ4n) is 4.71. The Morgan fingerprint density at radius 1 is 0.625 bits per heavy atom. The summed E-state index contributed by atoms with van der Waals surface area (Å²) in [5, 5.41) is 20.0. The van der Waals surface area contributed by atoms with Crippen molar-refractivity contribution >= 4 is 11.9 Å². The average Bonchev–Trinajstić information content (AvgIpc) is 2.89. The number of ether oxygens (including phenoxy) is 2. The van der Waals surface area contributed by atoms with Crippen molar-refractivity contribution < 1.29 is 29.3 Å². The van der Waals surface area contributed by atoms with Crippen molar-refractivity contribution in [3.8, 4) is 11.5 Å². The molecule has 0 amide bonds. The maximum atomic E-state index is 12.0. The van der Waals surface area contributed by atoms with Crippen LogP contribution in [0.4, 0.5) is 0 Å². The van der Waals surface area contributed by atoms with Gasteiger partial charge in [0.05, 0.1) is 13.2 Å². The molecule has 40 heavy (non-hydrogen) atoms. The minimum Gasteiger partial charge on any atom is -0.508 e. The SMILES string of the molecule is CC(C)Cc1cc(CCCCC(=O)OCCCCOC(=O)CCCCc2ccc(O)c(CC(C)C)c2)ccc1O. The van der Waals surface area contributed by atoms with E-state index in [2.05, 4.69) is 39.8 Å². The predicted molar refractivity (Wildman–Crippen MR) is 160 cm³/mol. The van der Waals surface area contributed by atoms with Crippen LogP contribution in [0.3, 0.4) is 0 Å². The molecule has 2 aromatic carbocycles. The van der Waals surface area contributed by atoms with E-state index in [1.165, 1.54) is 11.1 Å². The summed E-state index contributed by atoms with van der Waals surface area (Å²) in [5.41, 5.74) is 4.34. The van der Waals surface area contributed by atoms with Gasteiger partial charge in [-0.25, -0.2) is 0 Å². The lowest BCUT2D eigenvalue weighted by molar-refractivity contribution is -0.146. The third kappa shape index (κ3) is 13.9. The topological polar surface area (TPSA) is 93.1 Å². The van der Waals surface area contributed by atoms with E-state index in [4.69, 9.17) is 9.47 Å². The van der Waals surface area contributed by atoms with Crippen molar-refractivity contribution in [3.63, 3.8) is 0 Å². The molecule has 0 aliphatic carbocycles. The van der Waals surface area contributed by atoms with Gasteiger partial charge in [-0.2, -0.15) is 0 Å². The molecule has 0 bridgehead atoms. The van der Waals surface area contributed by atoms with Crippen LogP contribution in [0.1, 0.15) is 101 Å². The summed E-state index contributed by atoms with van der Waals surface area (Å²) in [5.74, 6) is 1.31. The van der Waals surface area contributed by atoms with Gasteiger partial charge in [-0.3, -0.25) is 9.59 Å². The van der Waals surface area contributed by atoms with Crippen LogP contribution in [0.2, 0.25) is 0 Å². The lowest BCUT2D eigenvalue weighted by Crippen LogP contribution is -2.09. The first-order chi connectivity index (χ1) is 19.1. The average molecular weight is 555 g/mol. The molecule has 0 aliphatic heterocycles. The van der Waals surface area contributed by atoms with E-state index in [-0.39, 0.29) is 11.9 Å². The second-order valence-corrected chi connectivity index (χ2v) is 11.7. The third-order valence-corrected chi connectivity index (χ3v) is 6.80. The summed E-state index contributed by atoms with van der Waals surface area (Å²) < 4.78 is 10.6. The molecule has 6 heteroatoms. The van der Waals surface area contributed by atoms with E-state index in [1.54, 1.807) is 12.1 Å². The van der Waals surface area contributed by atoms with Crippen molar-refractivity contribution in [3.05, 3.63) is 58.7 Å². The number of aromatic hydroxyl groups is 2. The van der Waals surface area contributed by atoms with Crippen molar-refractivity contribution in [2.24, 2.45) is 11.8 Å². The predicted octanol–water partition coefficient (Wildman–Crippen LogP) is 7.49.